The molecule has 0 radical (unpaired) electrons. The number of benzene rings is 2. The Balaban J connectivity index is 1.95. The van der Waals surface area contributed by atoms with Crippen LogP contribution in [0.4, 0.5) is 5.69 Å². The fourth-order valence-corrected chi connectivity index (χ4v) is 2.78. The average Bonchev–Trinajstić information content (AvgIpc) is 2.46. The van der Waals surface area contributed by atoms with Crippen molar-refractivity contribution in [3.05, 3.63) is 58.6 Å². The van der Waals surface area contributed by atoms with Crippen molar-refractivity contribution in [2.24, 2.45) is 0 Å². The van der Waals surface area contributed by atoms with Crippen LogP contribution >= 0.6 is 11.6 Å². The summed E-state index contributed by atoms with van der Waals surface area (Å²) in [5.41, 5.74) is 3.90. The highest BCUT2D eigenvalue weighted by atomic mass is 35.5. The van der Waals surface area contributed by atoms with Crippen LogP contribution in [0, 0.1) is 0 Å². The zero-order valence-corrected chi connectivity index (χ0v) is 11.7. The van der Waals surface area contributed by atoms with Crippen molar-refractivity contribution >= 4 is 17.3 Å². The molecule has 1 aliphatic rings. The van der Waals surface area contributed by atoms with E-state index in [1.165, 1.54) is 11.1 Å². The number of ether oxygens (including phenoxy) is 1. The van der Waals surface area contributed by atoms with Crippen molar-refractivity contribution in [2.45, 2.75) is 13.0 Å². The van der Waals surface area contributed by atoms with Gasteiger partial charge in [0.2, 0.25) is 0 Å². The van der Waals surface area contributed by atoms with E-state index in [1.54, 1.807) is 7.11 Å². The summed E-state index contributed by atoms with van der Waals surface area (Å²) in [6.07, 6.45) is 1.06. The molecule has 1 heterocycles. The smallest absolute Gasteiger partial charge is 0.142 e. The minimum atomic E-state index is 0.745. The molecule has 0 bridgehead atoms. The second kappa shape index (κ2) is 5.14. The molecule has 98 valence electrons. The Morgan fingerprint density at radius 3 is 2.68 bits per heavy atom. The standard InChI is InChI=1S/C16H16ClNO/c1-19-16-7-6-14(17)10-15(16)18-9-8-12-4-2-3-5-13(12)11-18/h2-7,10H,8-9,11H2,1H3. The number of hydrogen-bond acceptors (Lipinski definition) is 2. The van der Waals surface area contributed by atoms with Gasteiger partial charge in [-0.25, -0.2) is 0 Å². The quantitative estimate of drug-likeness (QED) is 0.823. The molecule has 0 aromatic heterocycles. The summed E-state index contributed by atoms with van der Waals surface area (Å²) in [5, 5.41) is 0.745. The van der Waals surface area contributed by atoms with Gasteiger partial charge in [0.15, 0.2) is 0 Å². The molecule has 0 aliphatic carbocycles. The van der Waals surface area contributed by atoms with Crippen LogP contribution in [0.2, 0.25) is 5.02 Å². The van der Waals surface area contributed by atoms with Gasteiger partial charge in [0, 0.05) is 18.1 Å². The SMILES string of the molecule is COc1ccc(Cl)cc1N1CCc2ccccc2C1. The number of hydrogen-bond donors (Lipinski definition) is 0. The lowest BCUT2D eigenvalue weighted by Crippen LogP contribution is -2.30. The van der Waals surface area contributed by atoms with E-state index < -0.39 is 0 Å². The van der Waals surface area contributed by atoms with Crippen LogP contribution in [0.25, 0.3) is 0 Å². The van der Waals surface area contributed by atoms with Gasteiger partial charge in [-0.15, -0.1) is 0 Å². The molecule has 0 amide bonds. The number of fused-ring (bicyclic) bond motifs is 1. The Morgan fingerprint density at radius 1 is 1.11 bits per heavy atom. The molecule has 0 spiro atoms. The summed E-state index contributed by atoms with van der Waals surface area (Å²) in [6.45, 7) is 1.90. The van der Waals surface area contributed by atoms with Crippen LogP contribution in [-0.2, 0) is 13.0 Å². The fourth-order valence-electron chi connectivity index (χ4n) is 2.61. The van der Waals surface area contributed by atoms with Crippen LogP contribution in [0.5, 0.6) is 5.75 Å². The molecule has 2 aromatic rings. The van der Waals surface area contributed by atoms with Crippen molar-refractivity contribution in [1.29, 1.82) is 0 Å². The monoisotopic (exact) mass is 273 g/mol. The molecule has 0 atom stereocenters. The van der Waals surface area contributed by atoms with Crippen LogP contribution in [0.3, 0.4) is 0 Å². The highest BCUT2D eigenvalue weighted by Gasteiger charge is 2.19. The normalized spacial score (nSPS) is 14.1. The predicted octanol–water partition coefficient (Wildman–Crippen LogP) is 3.91. The van der Waals surface area contributed by atoms with E-state index in [-0.39, 0.29) is 0 Å². The van der Waals surface area contributed by atoms with Crippen LogP contribution in [-0.4, -0.2) is 13.7 Å². The van der Waals surface area contributed by atoms with E-state index in [0.29, 0.717) is 0 Å². The first-order valence-corrected chi connectivity index (χ1v) is 6.81. The molecule has 0 saturated heterocycles. The second-order valence-corrected chi connectivity index (χ2v) is 5.19. The molecule has 1 aliphatic heterocycles. The molecule has 0 N–H and O–H groups in total. The summed E-state index contributed by atoms with van der Waals surface area (Å²) in [7, 11) is 1.70. The minimum absolute atomic E-state index is 0.745. The molecule has 3 heteroatoms. The second-order valence-electron chi connectivity index (χ2n) is 4.76. The lowest BCUT2D eigenvalue weighted by Gasteiger charge is -2.31. The average molecular weight is 274 g/mol. The summed E-state index contributed by atoms with van der Waals surface area (Å²) in [5.74, 6) is 0.879. The topological polar surface area (TPSA) is 12.5 Å². The zero-order chi connectivity index (χ0) is 13.2. The van der Waals surface area contributed by atoms with E-state index in [0.717, 1.165) is 36.0 Å². The summed E-state index contributed by atoms with van der Waals surface area (Å²) < 4.78 is 5.44. The Kier molecular flexibility index (Phi) is 3.34. The Hall–Kier alpha value is -1.67. The largest absolute Gasteiger partial charge is 0.495 e. The third kappa shape index (κ3) is 2.41. The van der Waals surface area contributed by atoms with Crippen LogP contribution < -0.4 is 9.64 Å². The van der Waals surface area contributed by atoms with Crippen molar-refractivity contribution in [3.63, 3.8) is 0 Å². The minimum Gasteiger partial charge on any atom is -0.495 e. The summed E-state index contributed by atoms with van der Waals surface area (Å²) in [4.78, 5) is 2.33. The van der Waals surface area contributed by atoms with Gasteiger partial charge in [-0.1, -0.05) is 35.9 Å². The van der Waals surface area contributed by atoms with Crippen LogP contribution in [0.15, 0.2) is 42.5 Å². The van der Waals surface area contributed by atoms with Crippen molar-refractivity contribution < 1.29 is 4.74 Å². The van der Waals surface area contributed by atoms with Crippen LogP contribution in [0.1, 0.15) is 11.1 Å². The molecular weight excluding hydrogens is 258 g/mol. The number of halogens is 1. The molecule has 2 aromatic carbocycles. The highest BCUT2D eigenvalue weighted by Crippen LogP contribution is 2.34. The van der Waals surface area contributed by atoms with Gasteiger partial charge in [-0.3, -0.25) is 0 Å². The van der Waals surface area contributed by atoms with Gasteiger partial charge in [0.1, 0.15) is 5.75 Å². The van der Waals surface area contributed by atoms with Gasteiger partial charge >= 0.3 is 0 Å². The van der Waals surface area contributed by atoms with E-state index in [9.17, 15) is 0 Å². The van der Waals surface area contributed by atoms with Gasteiger partial charge in [0.25, 0.3) is 0 Å². The molecular formula is C16H16ClNO. The van der Waals surface area contributed by atoms with Gasteiger partial charge in [-0.2, -0.15) is 0 Å². The zero-order valence-electron chi connectivity index (χ0n) is 10.9. The molecule has 0 saturated carbocycles. The van der Waals surface area contributed by atoms with Crippen molar-refractivity contribution in [3.8, 4) is 5.75 Å². The van der Waals surface area contributed by atoms with Gasteiger partial charge < -0.3 is 9.64 Å². The van der Waals surface area contributed by atoms with Crippen molar-refractivity contribution in [2.75, 3.05) is 18.6 Å². The number of nitrogens with zero attached hydrogens (tertiary/aromatic N) is 1. The van der Waals surface area contributed by atoms with E-state index in [1.807, 2.05) is 18.2 Å². The van der Waals surface area contributed by atoms with E-state index >= 15 is 0 Å². The maximum Gasteiger partial charge on any atom is 0.142 e. The fraction of sp³-hybridized carbons (Fsp3) is 0.250. The first-order valence-electron chi connectivity index (χ1n) is 6.43. The molecule has 19 heavy (non-hydrogen) atoms. The number of methoxy groups -OCH3 is 1. The third-order valence-corrected chi connectivity index (χ3v) is 3.85. The number of rotatable bonds is 2. The first kappa shape index (κ1) is 12.4. The lowest BCUT2D eigenvalue weighted by atomic mass is 9.99. The lowest BCUT2D eigenvalue weighted by molar-refractivity contribution is 0.414. The third-order valence-electron chi connectivity index (χ3n) is 3.61. The molecule has 0 fully saturated rings. The summed E-state index contributed by atoms with van der Waals surface area (Å²) >= 11 is 6.11. The molecule has 3 rings (SSSR count). The number of anilines is 1. The maximum atomic E-state index is 6.11. The summed E-state index contributed by atoms with van der Waals surface area (Å²) in [6, 6.07) is 14.4. The highest BCUT2D eigenvalue weighted by molar-refractivity contribution is 6.30. The van der Waals surface area contributed by atoms with E-state index in [4.69, 9.17) is 16.3 Å². The Morgan fingerprint density at radius 2 is 1.89 bits per heavy atom. The maximum absolute atomic E-state index is 6.11. The Bertz CT molecular complexity index is 597. The van der Waals surface area contributed by atoms with Crippen molar-refractivity contribution in [1.82, 2.24) is 0 Å². The first-order chi connectivity index (χ1) is 9.28. The molecule has 2 nitrogen and oxygen atoms in total. The van der Waals surface area contributed by atoms with Gasteiger partial charge in [-0.05, 0) is 35.7 Å². The Labute approximate surface area is 118 Å². The predicted molar refractivity (Wildman–Crippen MR) is 79.2 cm³/mol. The van der Waals surface area contributed by atoms with E-state index in [2.05, 4.69) is 29.2 Å². The van der Waals surface area contributed by atoms with Gasteiger partial charge in [0.05, 0.1) is 12.8 Å². The molecule has 0 unspecified atom stereocenters.